The number of carbonyl (C=O) groups is 2. The Bertz CT molecular complexity index is 897. The molecule has 0 spiro atoms. The van der Waals surface area contributed by atoms with E-state index in [4.69, 9.17) is 4.55 Å². The van der Waals surface area contributed by atoms with Crippen LogP contribution < -0.4 is 9.80 Å². The molecule has 2 unspecified atom stereocenters. The quantitative estimate of drug-likeness (QED) is 0.663. The van der Waals surface area contributed by atoms with E-state index in [9.17, 15) is 13.8 Å². The summed E-state index contributed by atoms with van der Waals surface area (Å²) in [5, 5.41) is 0. The van der Waals surface area contributed by atoms with Gasteiger partial charge >= 0.3 is 0 Å². The highest BCUT2D eigenvalue weighted by Crippen LogP contribution is 2.33. The van der Waals surface area contributed by atoms with Gasteiger partial charge in [-0.15, -0.1) is 0 Å². The predicted molar refractivity (Wildman–Crippen MR) is 98.5 cm³/mol. The maximum absolute atomic E-state index is 13.0. The SMILES string of the molecule is O=C1CC(N2CCCc3ccccc32)C(=O)N1c1ccc(S(=O)O)cc1. The lowest BCUT2D eigenvalue weighted by Crippen LogP contribution is -2.44. The summed E-state index contributed by atoms with van der Waals surface area (Å²) in [7, 11) is 0. The second-order valence-electron chi connectivity index (χ2n) is 6.46. The van der Waals surface area contributed by atoms with Gasteiger partial charge in [0.1, 0.15) is 6.04 Å². The Hall–Kier alpha value is -2.51. The zero-order valence-electron chi connectivity index (χ0n) is 14.0. The summed E-state index contributed by atoms with van der Waals surface area (Å²) in [5.74, 6) is -0.495. The molecule has 1 fully saturated rings. The molecule has 7 heteroatoms. The van der Waals surface area contributed by atoms with Crippen molar-refractivity contribution in [2.24, 2.45) is 0 Å². The second kappa shape index (κ2) is 6.66. The Morgan fingerprint density at radius 3 is 2.50 bits per heavy atom. The van der Waals surface area contributed by atoms with Gasteiger partial charge in [0, 0.05) is 12.2 Å². The van der Waals surface area contributed by atoms with Crippen molar-refractivity contribution in [1.29, 1.82) is 0 Å². The third-order valence-corrected chi connectivity index (χ3v) is 5.62. The molecule has 0 aliphatic carbocycles. The number of benzene rings is 2. The van der Waals surface area contributed by atoms with Crippen molar-refractivity contribution < 1.29 is 18.4 Å². The van der Waals surface area contributed by atoms with Gasteiger partial charge in [-0.05, 0) is 48.7 Å². The van der Waals surface area contributed by atoms with Crippen molar-refractivity contribution >= 4 is 34.3 Å². The van der Waals surface area contributed by atoms with E-state index in [1.54, 1.807) is 0 Å². The number of carbonyl (C=O) groups excluding carboxylic acids is 2. The number of hydrogen-bond donors (Lipinski definition) is 1. The molecule has 26 heavy (non-hydrogen) atoms. The molecular weight excluding hydrogens is 352 g/mol. The minimum atomic E-state index is -2.09. The first-order valence-electron chi connectivity index (χ1n) is 8.48. The standard InChI is InChI=1S/C19H18N2O4S/c22-18-12-17(20-11-3-5-13-4-1-2-6-16(13)20)19(23)21(18)14-7-9-15(10-8-14)26(24)25/h1-2,4,6-10,17H,3,5,11-12H2,(H,24,25). The minimum absolute atomic E-state index is 0.140. The van der Waals surface area contributed by atoms with Crippen LogP contribution in [0.25, 0.3) is 0 Å². The summed E-state index contributed by atoms with van der Waals surface area (Å²) in [5.41, 5.74) is 2.66. The Labute approximate surface area is 153 Å². The lowest BCUT2D eigenvalue weighted by atomic mass is 9.99. The first kappa shape index (κ1) is 16.9. The highest BCUT2D eigenvalue weighted by Gasteiger charge is 2.43. The van der Waals surface area contributed by atoms with Crippen molar-refractivity contribution in [1.82, 2.24) is 0 Å². The van der Waals surface area contributed by atoms with E-state index in [2.05, 4.69) is 6.07 Å². The van der Waals surface area contributed by atoms with Crippen molar-refractivity contribution in [3.05, 3.63) is 54.1 Å². The van der Waals surface area contributed by atoms with Gasteiger partial charge in [0.05, 0.1) is 17.0 Å². The van der Waals surface area contributed by atoms with Gasteiger partial charge < -0.3 is 9.45 Å². The monoisotopic (exact) mass is 370 g/mol. The zero-order valence-corrected chi connectivity index (χ0v) is 14.8. The Morgan fingerprint density at radius 1 is 1.04 bits per heavy atom. The van der Waals surface area contributed by atoms with E-state index in [1.165, 1.54) is 34.7 Å². The summed E-state index contributed by atoms with van der Waals surface area (Å²) in [6, 6.07) is 13.5. The van der Waals surface area contributed by atoms with Crippen molar-refractivity contribution in [3.8, 4) is 0 Å². The maximum Gasteiger partial charge on any atom is 0.256 e. The lowest BCUT2D eigenvalue weighted by Gasteiger charge is -2.34. The van der Waals surface area contributed by atoms with Crippen molar-refractivity contribution in [2.45, 2.75) is 30.2 Å². The van der Waals surface area contributed by atoms with Gasteiger partial charge in [0.15, 0.2) is 11.1 Å². The van der Waals surface area contributed by atoms with Crippen LogP contribution >= 0.6 is 0 Å². The van der Waals surface area contributed by atoms with Crippen LogP contribution in [0.4, 0.5) is 11.4 Å². The molecule has 2 amide bonds. The van der Waals surface area contributed by atoms with Crippen LogP contribution in [0.3, 0.4) is 0 Å². The van der Waals surface area contributed by atoms with Gasteiger partial charge in [-0.3, -0.25) is 9.59 Å². The molecule has 134 valence electrons. The van der Waals surface area contributed by atoms with Crippen LogP contribution in [0.15, 0.2) is 53.4 Å². The van der Waals surface area contributed by atoms with Crippen LogP contribution in [-0.4, -0.2) is 33.2 Å². The molecule has 0 saturated carbocycles. The largest absolute Gasteiger partial charge is 0.359 e. The number of aryl methyl sites for hydroxylation is 1. The molecule has 0 bridgehead atoms. The fourth-order valence-electron chi connectivity index (χ4n) is 3.73. The van der Waals surface area contributed by atoms with Crippen molar-refractivity contribution in [2.75, 3.05) is 16.3 Å². The van der Waals surface area contributed by atoms with Crippen molar-refractivity contribution in [3.63, 3.8) is 0 Å². The van der Waals surface area contributed by atoms with Gasteiger partial charge in [-0.1, -0.05) is 18.2 Å². The highest BCUT2D eigenvalue weighted by atomic mass is 32.2. The average Bonchev–Trinajstić information content (AvgIpc) is 2.95. The lowest BCUT2D eigenvalue weighted by molar-refractivity contribution is -0.121. The van der Waals surface area contributed by atoms with E-state index in [0.717, 1.165) is 25.1 Å². The Morgan fingerprint density at radius 2 is 1.77 bits per heavy atom. The summed E-state index contributed by atoms with van der Waals surface area (Å²) in [6.45, 7) is 0.747. The fourth-order valence-corrected chi connectivity index (χ4v) is 4.10. The summed E-state index contributed by atoms with van der Waals surface area (Å²) in [6.07, 6.45) is 2.07. The Balaban J connectivity index is 1.63. The molecule has 6 nitrogen and oxygen atoms in total. The molecule has 2 aromatic carbocycles. The molecule has 1 saturated heterocycles. The summed E-state index contributed by atoms with van der Waals surface area (Å²) >= 11 is -2.09. The molecular formula is C19H18N2O4S. The van der Waals surface area contributed by atoms with E-state index < -0.39 is 17.1 Å². The number of imide groups is 1. The van der Waals surface area contributed by atoms with Crippen LogP contribution in [0, 0.1) is 0 Å². The molecule has 0 radical (unpaired) electrons. The van der Waals surface area contributed by atoms with E-state index in [0.29, 0.717) is 5.69 Å². The molecule has 2 aliphatic heterocycles. The first-order chi connectivity index (χ1) is 12.6. The highest BCUT2D eigenvalue weighted by molar-refractivity contribution is 7.79. The number of amides is 2. The first-order valence-corrected chi connectivity index (χ1v) is 9.59. The maximum atomic E-state index is 13.0. The molecule has 1 N–H and O–H groups in total. The van der Waals surface area contributed by atoms with Crippen LogP contribution in [0.5, 0.6) is 0 Å². The number of hydrogen-bond acceptors (Lipinski definition) is 4. The topological polar surface area (TPSA) is 77.9 Å². The number of para-hydroxylation sites is 1. The minimum Gasteiger partial charge on any atom is -0.359 e. The smallest absolute Gasteiger partial charge is 0.256 e. The third kappa shape index (κ3) is 2.83. The normalized spacial score (nSPS) is 21.0. The third-order valence-electron chi connectivity index (χ3n) is 4.94. The van der Waals surface area contributed by atoms with Crippen LogP contribution in [0.1, 0.15) is 18.4 Å². The Kier molecular flexibility index (Phi) is 4.34. The van der Waals surface area contributed by atoms with Gasteiger partial charge in [-0.2, -0.15) is 0 Å². The van der Waals surface area contributed by atoms with E-state index in [1.807, 2.05) is 23.1 Å². The second-order valence-corrected chi connectivity index (χ2v) is 7.43. The summed E-state index contributed by atoms with van der Waals surface area (Å²) in [4.78, 5) is 29.0. The predicted octanol–water partition coefficient (Wildman–Crippen LogP) is 2.35. The molecule has 4 rings (SSSR count). The van der Waals surface area contributed by atoms with Gasteiger partial charge in [-0.25, -0.2) is 9.11 Å². The fraction of sp³-hybridized carbons (Fsp3) is 0.263. The van der Waals surface area contributed by atoms with Crippen LogP contribution in [0.2, 0.25) is 0 Å². The zero-order chi connectivity index (χ0) is 18.3. The molecule has 0 aromatic heterocycles. The van der Waals surface area contributed by atoms with Gasteiger partial charge in [0.25, 0.3) is 5.91 Å². The average molecular weight is 370 g/mol. The number of nitrogens with zero attached hydrogens (tertiary/aromatic N) is 2. The number of anilines is 2. The van der Waals surface area contributed by atoms with E-state index >= 15 is 0 Å². The molecule has 2 aliphatic rings. The number of fused-ring (bicyclic) bond motifs is 1. The van der Waals surface area contributed by atoms with Gasteiger partial charge in [0.2, 0.25) is 5.91 Å². The number of rotatable bonds is 3. The van der Waals surface area contributed by atoms with E-state index in [-0.39, 0.29) is 23.1 Å². The molecule has 2 atom stereocenters. The summed E-state index contributed by atoms with van der Waals surface area (Å²) < 4.78 is 20.2. The molecule has 2 heterocycles. The molecule has 2 aromatic rings. The van der Waals surface area contributed by atoms with Crippen LogP contribution in [-0.2, 0) is 27.1 Å².